The van der Waals surface area contributed by atoms with E-state index in [1.54, 1.807) is 12.1 Å². The third-order valence-electron chi connectivity index (χ3n) is 3.05. The first-order valence-electron chi connectivity index (χ1n) is 6.86. The molecule has 0 saturated heterocycles. The van der Waals surface area contributed by atoms with E-state index in [0.717, 1.165) is 11.8 Å². The highest BCUT2D eigenvalue weighted by atomic mass is 35.5. The molecule has 0 fully saturated rings. The summed E-state index contributed by atoms with van der Waals surface area (Å²) >= 11 is 5.91. The number of nitro groups is 1. The lowest BCUT2D eigenvalue weighted by atomic mass is 10.1. The number of carbonyl (C=O) groups excluding carboxylic acids is 1. The quantitative estimate of drug-likeness (QED) is 0.481. The number of carbonyl (C=O) groups is 1. The lowest BCUT2D eigenvalue weighted by molar-refractivity contribution is -0.385. The minimum atomic E-state index is -0.565. The summed E-state index contributed by atoms with van der Waals surface area (Å²) in [4.78, 5) is 25.8. The minimum absolute atomic E-state index is 0.157. The summed E-state index contributed by atoms with van der Waals surface area (Å²) in [5.41, 5.74) is 1.50. The number of anilines is 1. The van der Waals surface area contributed by atoms with Gasteiger partial charge in [0.1, 0.15) is 12.0 Å². The van der Waals surface area contributed by atoms with Crippen LogP contribution in [-0.2, 0) is 0 Å². The molecule has 0 unspecified atom stereocenters. The van der Waals surface area contributed by atoms with Gasteiger partial charge in [0.2, 0.25) is 0 Å². The van der Waals surface area contributed by atoms with Crippen LogP contribution in [0.4, 0.5) is 11.5 Å². The summed E-state index contributed by atoms with van der Waals surface area (Å²) in [6.45, 7) is 2.70. The van der Waals surface area contributed by atoms with Crippen molar-refractivity contribution in [1.82, 2.24) is 10.3 Å². The van der Waals surface area contributed by atoms with E-state index < -0.39 is 4.92 Å². The van der Waals surface area contributed by atoms with Crippen LogP contribution in [0, 0.1) is 17.0 Å². The van der Waals surface area contributed by atoms with Gasteiger partial charge in [0, 0.05) is 24.7 Å². The maximum atomic E-state index is 11.9. The van der Waals surface area contributed by atoms with Crippen LogP contribution < -0.4 is 10.6 Å². The molecule has 0 bridgehead atoms. The van der Waals surface area contributed by atoms with Gasteiger partial charge in [-0.25, -0.2) is 4.98 Å². The molecule has 0 radical (unpaired) electrons. The van der Waals surface area contributed by atoms with Crippen LogP contribution in [0.1, 0.15) is 15.9 Å². The predicted molar refractivity (Wildman–Crippen MR) is 87.9 cm³/mol. The molecule has 7 nitrogen and oxygen atoms in total. The standard InChI is InChI=1S/C15H15ClN4O3/c1-10-2-4-11(5-3-10)15(21)18-7-6-17-14-13(16)8-12(9-19-14)20(22)23/h2-5,8-9H,6-7H2,1H3,(H,17,19)(H,18,21). The molecule has 2 rings (SSSR count). The van der Waals surface area contributed by atoms with E-state index in [2.05, 4.69) is 15.6 Å². The number of hydrogen-bond acceptors (Lipinski definition) is 5. The Morgan fingerprint density at radius 3 is 2.61 bits per heavy atom. The Morgan fingerprint density at radius 1 is 1.30 bits per heavy atom. The van der Waals surface area contributed by atoms with E-state index in [1.165, 1.54) is 6.07 Å². The van der Waals surface area contributed by atoms with Crippen LogP contribution in [0.5, 0.6) is 0 Å². The Balaban J connectivity index is 1.82. The van der Waals surface area contributed by atoms with Crippen molar-refractivity contribution in [3.8, 4) is 0 Å². The zero-order valence-electron chi connectivity index (χ0n) is 12.4. The van der Waals surface area contributed by atoms with Crippen molar-refractivity contribution in [3.63, 3.8) is 0 Å². The number of rotatable bonds is 6. The first kappa shape index (κ1) is 16.7. The highest BCUT2D eigenvalue weighted by Gasteiger charge is 2.10. The molecule has 1 amide bonds. The first-order valence-corrected chi connectivity index (χ1v) is 7.24. The van der Waals surface area contributed by atoms with Crippen molar-refractivity contribution in [2.45, 2.75) is 6.92 Å². The Labute approximate surface area is 137 Å². The Hall–Kier alpha value is -2.67. The molecular formula is C15H15ClN4O3. The summed E-state index contributed by atoms with van der Waals surface area (Å²) in [6, 6.07) is 8.48. The Kier molecular flexibility index (Phi) is 5.48. The van der Waals surface area contributed by atoms with Crippen LogP contribution in [-0.4, -0.2) is 28.9 Å². The molecule has 2 aromatic rings. The molecule has 0 atom stereocenters. The predicted octanol–water partition coefficient (Wildman–Crippen LogP) is 2.79. The number of nitrogens with zero attached hydrogens (tertiary/aromatic N) is 2. The fourth-order valence-corrected chi connectivity index (χ4v) is 2.05. The number of hydrogen-bond donors (Lipinski definition) is 2. The topological polar surface area (TPSA) is 97.2 Å². The molecule has 8 heteroatoms. The average molecular weight is 335 g/mol. The second-order valence-electron chi connectivity index (χ2n) is 4.83. The minimum Gasteiger partial charge on any atom is -0.367 e. The van der Waals surface area contributed by atoms with Gasteiger partial charge >= 0.3 is 0 Å². The van der Waals surface area contributed by atoms with Crippen molar-refractivity contribution in [1.29, 1.82) is 0 Å². The molecule has 2 N–H and O–H groups in total. The van der Waals surface area contributed by atoms with Gasteiger partial charge in [-0.1, -0.05) is 29.3 Å². The van der Waals surface area contributed by atoms with Crippen LogP contribution in [0.15, 0.2) is 36.5 Å². The SMILES string of the molecule is Cc1ccc(C(=O)NCCNc2ncc([N+](=O)[O-])cc2Cl)cc1. The van der Waals surface area contributed by atoms with Crippen molar-refractivity contribution < 1.29 is 9.72 Å². The maximum Gasteiger partial charge on any atom is 0.289 e. The molecule has 0 aliphatic heterocycles. The van der Waals surface area contributed by atoms with Crippen LogP contribution in [0.3, 0.4) is 0 Å². The number of aryl methyl sites for hydroxylation is 1. The summed E-state index contributed by atoms with van der Waals surface area (Å²) in [5, 5.41) is 16.4. The Bertz CT molecular complexity index is 719. The molecule has 1 aromatic heterocycles. The smallest absolute Gasteiger partial charge is 0.289 e. The number of benzene rings is 1. The van der Waals surface area contributed by atoms with E-state index in [1.807, 2.05) is 19.1 Å². The largest absolute Gasteiger partial charge is 0.367 e. The number of amides is 1. The summed E-state index contributed by atoms with van der Waals surface area (Å²) in [5.74, 6) is 0.163. The zero-order chi connectivity index (χ0) is 16.8. The van der Waals surface area contributed by atoms with Gasteiger partial charge in [-0.2, -0.15) is 0 Å². The number of halogens is 1. The molecule has 23 heavy (non-hydrogen) atoms. The third kappa shape index (κ3) is 4.65. The van der Waals surface area contributed by atoms with Crippen molar-refractivity contribution in [3.05, 3.63) is 62.8 Å². The number of aromatic nitrogens is 1. The van der Waals surface area contributed by atoms with E-state index in [4.69, 9.17) is 11.6 Å². The van der Waals surface area contributed by atoms with Gasteiger partial charge in [-0.3, -0.25) is 14.9 Å². The third-order valence-corrected chi connectivity index (χ3v) is 3.34. The zero-order valence-corrected chi connectivity index (χ0v) is 13.1. The summed E-state index contributed by atoms with van der Waals surface area (Å²) in [6.07, 6.45) is 1.12. The van der Waals surface area contributed by atoms with Gasteiger partial charge in [-0.05, 0) is 19.1 Å². The molecule has 1 aromatic carbocycles. The van der Waals surface area contributed by atoms with Gasteiger partial charge < -0.3 is 10.6 Å². The molecular weight excluding hydrogens is 320 g/mol. The monoisotopic (exact) mass is 334 g/mol. The van der Waals surface area contributed by atoms with Crippen molar-refractivity contribution in [2.24, 2.45) is 0 Å². The van der Waals surface area contributed by atoms with Crippen molar-refractivity contribution in [2.75, 3.05) is 18.4 Å². The fourth-order valence-electron chi connectivity index (χ4n) is 1.82. The van der Waals surface area contributed by atoms with Crippen LogP contribution >= 0.6 is 11.6 Å². The van der Waals surface area contributed by atoms with Gasteiger partial charge in [0.15, 0.2) is 0 Å². The van der Waals surface area contributed by atoms with E-state index in [-0.39, 0.29) is 16.6 Å². The van der Waals surface area contributed by atoms with Gasteiger partial charge in [0.25, 0.3) is 11.6 Å². The van der Waals surface area contributed by atoms with E-state index in [9.17, 15) is 14.9 Å². The molecule has 0 aliphatic rings. The van der Waals surface area contributed by atoms with E-state index in [0.29, 0.717) is 24.5 Å². The van der Waals surface area contributed by atoms with Crippen LogP contribution in [0.2, 0.25) is 5.02 Å². The lowest BCUT2D eigenvalue weighted by Gasteiger charge is -2.08. The second kappa shape index (κ2) is 7.55. The fraction of sp³-hybridized carbons (Fsp3) is 0.200. The molecule has 0 aliphatic carbocycles. The molecule has 120 valence electrons. The van der Waals surface area contributed by atoms with Crippen molar-refractivity contribution >= 4 is 29.0 Å². The second-order valence-corrected chi connectivity index (χ2v) is 5.24. The summed E-state index contributed by atoms with van der Waals surface area (Å²) < 4.78 is 0. The highest BCUT2D eigenvalue weighted by Crippen LogP contribution is 2.23. The normalized spacial score (nSPS) is 10.2. The molecule has 0 spiro atoms. The molecule has 1 heterocycles. The first-order chi connectivity index (χ1) is 11.0. The average Bonchev–Trinajstić information content (AvgIpc) is 2.53. The van der Waals surface area contributed by atoms with Crippen LogP contribution in [0.25, 0.3) is 0 Å². The lowest BCUT2D eigenvalue weighted by Crippen LogP contribution is -2.28. The van der Waals surface area contributed by atoms with Gasteiger partial charge in [-0.15, -0.1) is 0 Å². The van der Waals surface area contributed by atoms with Gasteiger partial charge in [0.05, 0.1) is 9.95 Å². The summed E-state index contributed by atoms with van der Waals surface area (Å²) in [7, 11) is 0. The Morgan fingerprint density at radius 2 is 2.00 bits per heavy atom. The maximum absolute atomic E-state index is 11.9. The number of nitrogens with one attached hydrogen (secondary N) is 2. The molecule has 0 saturated carbocycles. The highest BCUT2D eigenvalue weighted by molar-refractivity contribution is 6.33. The number of pyridine rings is 1. The van der Waals surface area contributed by atoms with E-state index >= 15 is 0 Å².